The highest BCUT2D eigenvalue weighted by Gasteiger charge is 2.07. The van der Waals surface area contributed by atoms with Crippen molar-refractivity contribution in [3.8, 4) is 0 Å². The van der Waals surface area contributed by atoms with Gasteiger partial charge in [-0.15, -0.1) is 10.2 Å². The van der Waals surface area contributed by atoms with Gasteiger partial charge in [0.25, 0.3) is 5.91 Å². The molecule has 9 heteroatoms. The van der Waals surface area contributed by atoms with Gasteiger partial charge in [-0.1, -0.05) is 0 Å². The highest BCUT2D eigenvalue weighted by molar-refractivity contribution is 5.75. The molecule has 1 heterocycles. The summed E-state index contributed by atoms with van der Waals surface area (Å²) in [5, 5.41) is 10.7. The first-order chi connectivity index (χ1) is 6.61. The molecule has 0 aliphatic heterocycles. The number of hydrogen-bond donors (Lipinski definition) is 3. The Morgan fingerprint density at radius 1 is 1.50 bits per heavy atom. The molecule has 0 saturated carbocycles. The number of hydrazine groups is 1. The van der Waals surface area contributed by atoms with Crippen LogP contribution in [0.3, 0.4) is 0 Å². The molecule has 5 N–H and O–H groups in total. The second-order valence-corrected chi connectivity index (χ2v) is 2.45. The molecule has 0 aromatic carbocycles. The van der Waals surface area contributed by atoms with Crippen molar-refractivity contribution in [3.05, 3.63) is 5.82 Å². The van der Waals surface area contributed by atoms with Crippen LogP contribution in [0.1, 0.15) is 5.82 Å². The smallest absolute Gasteiger partial charge is 0.257 e. The van der Waals surface area contributed by atoms with E-state index in [9.17, 15) is 9.59 Å². The topological polar surface area (TPSA) is 142 Å². The van der Waals surface area contributed by atoms with Crippen LogP contribution in [-0.2, 0) is 22.6 Å². The number of nitrogens with one attached hydrogen (secondary N) is 1. The molecule has 1 aromatic heterocycles. The van der Waals surface area contributed by atoms with E-state index in [0.29, 0.717) is 0 Å². The number of nitrogens with two attached hydrogens (primary N) is 2. The van der Waals surface area contributed by atoms with Gasteiger partial charge in [-0.3, -0.25) is 15.0 Å². The number of hydrogen-bond acceptors (Lipinski definition) is 6. The molecule has 0 unspecified atom stereocenters. The van der Waals surface area contributed by atoms with E-state index in [0.717, 1.165) is 4.80 Å². The number of rotatable bonds is 4. The molecule has 76 valence electrons. The van der Waals surface area contributed by atoms with Gasteiger partial charge in [-0.05, 0) is 5.21 Å². The highest BCUT2D eigenvalue weighted by atomic mass is 16.2. The summed E-state index contributed by atoms with van der Waals surface area (Å²) in [6.07, 6.45) is -0.107. The molecule has 1 aromatic rings. The van der Waals surface area contributed by atoms with E-state index in [1.54, 1.807) is 0 Å². The average Bonchev–Trinajstić information content (AvgIpc) is 2.51. The van der Waals surface area contributed by atoms with E-state index in [1.165, 1.54) is 0 Å². The third-order valence-electron chi connectivity index (χ3n) is 1.27. The van der Waals surface area contributed by atoms with Crippen LogP contribution in [0.4, 0.5) is 0 Å². The van der Waals surface area contributed by atoms with Crippen LogP contribution in [0, 0.1) is 0 Å². The second-order valence-electron chi connectivity index (χ2n) is 2.45. The summed E-state index contributed by atoms with van der Waals surface area (Å²) in [4.78, 5) is 22.2. The Bertz CT molecular complexity index is 346. The maximum Gasteiger partial charge on any atom is 0.257 e. The van der Waals surface area contributed by atoms with Crippen LogP contribution in [0.25, 0.3) is 0 Å². The lowest BCUT2D eigenvalue weighted by molar-refractivity contribution is -0.122. The first kappa shape index (κ1) is 10.1. The Morgan fingerprint density at radius 3 is 2.79 bits per heavy atom. The van der Waals surface area contributed by atoms with E-state index in [-0.39, 0.29) is 18.8 Å². The monoisotopic (exact) mass is 199 g/mol. The fraction of sp³-hybridized carbons (Fsp3) is 0.400. The number of nitrogens with zero attached hydrogens (tertiary/aromatic N) is 4. The summed E-state index contributed by atoms with van der Waals surface area (Å²) in [5.74, 6) is 3.99. The summed E-state index contributed by atoms with van der Waals surface area (Å²) in [7, 11) is 0. The van der Waals surface area contributed by atoms with Gasteiger partial charge in [0.2, 0.25) is 5.91 Å². The Labute approximate surface area is 78.4 Å². The van der Waals surface area contributed by atoms with Gasteiger partial charge in [-0.25, -0.2) is 5.84 Å². The van der Waals surface area contributed by atoms with E-state index < -0.39 is 11.8 Å². The largest absolute Gasteiger partial charge is 0.369 e. The van der Waals surface area contributed by atoms with Crippen molar-refractivity contribution < 1.29 is 9.59 Å². The van der Waals surface area contributed by atoms with Crippen molar-refractivity contribution in [2.75, 3.05) is 0 Å². The molecule has 0 fully saturated rings. The summed E-state index contributed by atoms with van der Waals surface area (Å²) in [6, 6.07) is 0. The van der Waals surface area contributed by atoms with Crippen molar-refractivity contribution in [1.82, 2.24) is 25.6 Å². The van der Waals surface area contributed by atoms with Gasteiger partial charge in [0.05, 0.1) is 6.42 Å². The Hall–Kier alpha value is -2.03. The minimum atomic E-state index is -0.562. The van der Waals surface area contributed by atoms with Crippen LogP contribution in [0.15, 0.2) is 0 Å². The lowest BCUT2D eigenvalue weighted by Gasteiger charge is -1.95. The molecule has 1 rings (SSSR count). The minimum Gasteiger partial charge on any atom is -0.369 e. The van der Waals surface area contributed by atoms with Gasteiger partial charge >= 0.3 is 0 Å². The molecule has 0 radical (unpaired) electrons. The molecule has 0 aliphatic rings. The van der Waals surface area contributed by atoms with Gasteiger partial charge < -0.3 is 5.73 Å². The molecule has 0 saturated heterocycles. The predicted octanol–water partition coefficient (Wildman–Crippen LogP) is -3.31. The zero-order valence-electron chi connectivity index (χ0n) is 7.17. The van der Waals surface area contributed by atoms with Crippen molar-refractivity contribution in [2.24, 2.45) is 11.6 Å². The molecule has 0 atom stereocenters. The van der Waals surface area contributed by atoms with Crippen LogP contribution in [0.5, 0.6) is 0 Å². The van der Waals surface area contributed by atoms with Crippen molar-refractivity contribution in [2.45, 2.75) is 13.0 Å². The van der Waals surface area contributed by atoms with E-state index in [2.05, 4.69) is 15.4 Å². The first-order valence-corrected chi connectivity index (χ1v) is 3.66. The molecular formula is C5H9N7O2. The number of amides is 2. The Balaban J connectivity index is 2.59. The van der Waals surface area contributed by atoms with E-state index >= 15 is 0 Å². The van der Waals surface area contributed by atoms with Crippen molar-refractivity contribution in [1.29, 1.82) is 0 Å². The van der Waals surface area contributed by atoms with Crippen molar-refractivity contribution >= 4 is 11.8 Å². The van der Waals surface area contributed by atoms with Gasteiger partial charge in [0, 0.05) is 0 Å². The van der Waals surface area contributed by atoms with Crippen LogP contribution < -0.4 is 17.0 Å². The van der Waals surface area contributed by atoms with Crippen LogP contribution in [0.2, 0.25) is 0 Å². The molecular weight excluding hydrogens is 190 g/mol. The standard InChI is InChI=1S/C5H9N7O2/c6-3(13)1-4-9-11-12(10-4)2-5(14)8-7/h1-2,7H2,(H2,6,13)(H,8,14). The van der Waals surface area contributed by atoms with Gasteiger partial charge in [0.15, 0.2) is 5.82 Å². The van der Waals surface area contributed by atoms with Crippen LogP contribution >= 0.6 is 0 Å². The maximum absolute atomic E-state index is 10.8. The zero-order valence-corrected chi connectivity index (χ0v) is 7.17. The molecule has 0 bridgehead atoms. The summed E-state index contributed by atoms with van der Waals surface area (Å²) >= 11 is 0. The average molecular weight is 199 g/mol. The van der Waals surface area contributed by atoms with Crippen LogP contribution in [-0.4, -0.2) is 32.0 Å². The third-order valence-corrected chi connectivity index (χ3v) is 1.27. The molecule has 0 spiro atoms. The normalized spacial score (nSPS) is 9.79. The number of aromatic nitrogens is 4. The highest BCUT2D eigenvalue weighted by Crippen LogP contribution is 1.87. The fourth-order valence-corrected chi connectivity index (χ4v) is 0.744. The quantitative estimate of drug-likeness (QED) is 0.263. The Morgan fingerprint density at radius 2 is 2.21 bits per heavy atom. The third kappa shape index (κ3) is 2.79. The number of carbonyl (C=O) groups is 2. The first-order valence-electron chi connectivity index (χ1n) is 3.66. The molecule has 0 aliphatic carbocycles. The maximum atomic E-state index is 10.8. The van der Waals surface area contributed by atoms with Gasteiger partial charge in [-0.2, -0.15) is 4.80 Å². The number of tetrazole rings is 1. The lowest BCUT2D eigenvalue weighted by Crippen LogP contribution is -2.33. The number of primary amides is 1. The lowest BCUT2D eigenvalue weighted by atomic mass is 10.4. The Kier molecular flexibility index (Phi) is 3.07. The van der Waals surface area contributed by atoms with Gasteiger partial charge in [0.1, 0.15) is 6.54 Å². The zero-order chi connectivity index (χ0) is 10.6. The SMILES string of the molecule is NNC(=O)Cn1nnc(CC(N)=O)n1. The summed E-state index contributed by atoms with van der Waals surface area (Å²) in [5.41, 5.74) is 6.81. The summed E-state index contributed by atoms with van der Waals surface area (Å²) in [6.45, 7) is -0.151. The molecule has 2 amide bonds. The fourth-order valence-electron chi connectivity index (χ4n) is 0.744. The minimum absolute atomic E-state index is 0.107. The molecule has 9 nitrogen and oxygen atoms in total. The van der Waals surface area contributed by atoms with Crippen molar-refractivity contribution in [3.63, 3.8) is 0 Å². The summed E-state index contributed by atoms with van der Waals surface area (Å²) < 4.78 is 0. The van der Waals surface area contributed by atoms with E-state index in [1.807, 2.05) is 5.43 Å². The second kappa shape index (κ2) is 4.28. The van der Waals surface area contributed by atoms with E-state index in [4.69, 9.17) is 11.6 Å². The predicted molar refractivity (Wildman–Crippen MR) is 43.0 cm³/mol. The number of carbonyl (C=O) groups excluding carboxylic acids is 2. The molecule has 14 heavy (non-hydrogen) atoms.